The van der Waals surface area contributed by atoms with Crippen LogP contribution in [0, 0.1) is 17.8 Å². The molecule has 0 radical (unpaired) electrons. The average molecular weight is 415 g/mol. The van der Waals surface area contributed by atoms with Gasteiger partial charge in [0.05, 0.1) is 23.7 Å². The molecule has 0 heterocycles. The Morgan fingerprint density at radius 1 is 1.23 bits per heavy atom. The van der Waals surface area contributed by atoms with Crippen LogP contribution in [0.1, 0.15) is 72.3 Å². The highest BCUT2D eigenvalue weighted by Gasteiger charge is 2.40. The summed E-state index contributed by atoms with van der Waals surface area (Å²) in [7, 11) is 0. The summed E-state index contributed by atoms with van der Waals surface area (Å²) in [5.74, 6) is 1.16. The van der Waals surface area contributed by atoms with Gasteiger partial charge in [0.15, 0.2) is 0 Å². The maximum Gasteiger partial charge on any atom is 0.309 e. The van der Waals surface area contributed by atoms with Crippen LogP contribution < -0.4 is 0 Å². The Labute approximate surface area is 181 Å². The van der Waals surface area contributed by atoms with E-state index < -0.39 is 11.2 Å². The molecule has 4 heteroatoms. The van der Waals surface area contributed by atoms with Crippen molar-refractivity contribution in [3.8, 4) is 0 Å². The molecule has 2 aliphatic carbocycles. The molecule has 1 aromatic rings. The zero-order valence-corrected chi connectivity index (χ0v) is 19.1. The molecule has 2 aliphatic rings. The van der Waals surface area contributed by atoms with Crippen molar-refractivity contribution in [1.29, 1.82) is 0 Å². The average Bonchev–Trinajstić information content (AvgIpc) is 3.01. The summed E-state index contributed by atoms with van der Waals surface area (Å²) in [5, 5.41) is 11.0. The minimum absolute atomic E-state index is 0.0230. The molecule has 1 N–H and O–H groups in total. The lowest BCUT2D eigenvalue weighted by Crippen LogP contribution is -2.38. The zero-order chi connectivity index (χ0) is 21.9. The van der Waals surface area contributed by atoms with Crippen LogP contribution in [0.25, 0.3) is 0 Å². The number of hydrogen-bond acceptors (Lipinski definition) is 4. The molecule has 0 aliphatic heterocycles. The van der Waals surface area contributed by atoms with E-state index in [4.69, 9.17) is 9.47 Å². The minimum atomic E-state index is -1.21. The highest BCUT2D eigenvalue weighted by Crippen LogP contribution is 2.37. The van der Waals surface area contributed by atoms with Crippen molar-refractivity contribution in [1.82, 2.24) is 0 Å². The van der Waals surface area contributed by atoms with Gasteiger partial charge in [0.2, 0.25) is 0 Å². The Bertz CT molecular complexity index is 739. The first-order chi connectivity index (χ1) is 14.1. The molecule has 0 amide bonds. The van der Waals surface area contributed by atoms with Crippen molar-refractivity contribution in [2.45, 2.75) is 90.1 Å². The molecule has 0 aromatic heterocycles. The van der Waals surface area contributed by atoms with Crippen molar-refractivity contribution in [3.63, 3.8) is 0 Å². The third-order valence-corrected chi connectivity index (χ3v) is 6.79. The molecule has 1 saturated carbocycles. The van der Waals surface area contributed by atoms with Crippen molar-refractivity contribution in [3.05, 3.63) is 48.0 Å². The van der Waals surface area contributed by atoms with Crippen LogP contribution in [-0.4, -0.2) is 28.9 Å². The second kappa shape index (κ2) is 9.23. The molecule has 0 spiro atoms. The van der Waals surface area contributed by atoms with Gasteiger partial charge in [0, 0.05) is 6.42 Å². The summed E-state index contributed by atoms with van der Waals surface area (Å²) in [4.78, 5) is 12.7. The van der Waals surface area contributed by atoms with E-state index >= 15 is 0 Å². The van der Waals surface area contributed by atoms with Gasteiger partial charge in [-0.3, -0.25) is 4.79 Å². The number of aliphatic hydroxyl groups is 1. The molecule has 166 valence electrons. The summed E-state index contributed by atoms with van der Waals surface area (Å²) in [5.41, 5.74) is -0.605. The lowest BCUT2D eigenvalue weighted by molar-refractivity contribution is -0.160. The third-order valence-electron chi connectivity index (χ3n) is 6.79. The van der Waals surface area contributed by atoms with E-state index in [2.05, 4.69) is 20.8 Å². The van der Waals surface area contributed by atoms with E-state index in [1.165, 1.54) is 6.42 Å². The first-order valence-electron chi connectivity index (χ1n) is 11.4. The number of rotatable bonds is 7. The van der Waals surface area contributed by atoms with Gasteiger partial charge in [-0.25, -0.2) is 0 Å². The normalized spacial score (nSPS) is 31.8. The summed E-state index contributed by atoms with van der Waals surface area (Å²) in [6, 6.07) is 10.1. The lowest BCUT2D eigenvalue weighted by Gasteiger charge is -2.37. The van der Waals surface area contributed by atoms with Gasteiger partial charge < -0.3 is 14.6 Å². The van der Waals surface area contributed by atoms with Crippen molar-refractivity contribution in [2.24, 2.45) is 17.8 Å². The Morgan fingerprint density at radius 2 is 1.93 bits per heavy atom. The standard InChI is InChI=1S/C26H38O4/c1-18(2)22-12-11-19(3)15-23(22)29-24(27)17-26(28)14-13-21(16-26)30-25(4,5)20-9-7-6-8-10-20/h6-10,13-14,18-19,21-23,28H,11-12,15-17H2,1-5H3/t19-,21-,22+,23-,26+/m1/s1. The largest absolute Gasteiger partial charge is 0.462 e. The Balaban J connectivity index is 1.56. The first-order valence-corrected chi connectivity index (χ1v) is 11.4. The Morgan fingerprint density at radius 3 is 2.60 bits per heavy atom. The number of hydrogen-bond donors (Lipinski definition) is 1. The molecule has 0 saturated heterocycles. The topological polar surface area (TPSA) is 55.8 Å². The molecular weight excluding hydrogens is 376 g/mol. The zero-order valence-electron chi connectivity index (χ0n) is 19.1. The van der Waals surface area contributed by atoms with Gasteiger partial charge in [-0.15, -0.1) is 0 Å². The molecule has 30 heavy (non-hydrogen) atoms. The molecule has 0 bridgehead atoms. The maximum absolute atomic E-state index is 12.7. The van der Waals surface area contributed by atoms with Crippen LogP contribution in [0.2, 0.25) is 0 Å². The van der Waals surface area contributed by atoms with Crippen LogP contribution in [0.3, 0.4) is 0 Å². The second-order valence-electron chi connectivity index (χ2n) is 10.2. The fraction of sp³-hybridized carbons (Fsp3) is 0.654. The summed E-state index contributed by atoms with van der Waals surface area (Å²) >= 11 is 0. The van der Waals surface area contributed by atoms with E-state index in [0.29, 0.717) is 24.2 Å². The number of esters is 1. The summed E-state index contributed by atoms with van der Waals surface area (Å²) < 4.78 is 12.2. The summed E-state index contributed by atoms with van der Waals surface area (Å²) in [6.45, 7) is 10.7. The van der Waals surface area contributed by atoms with Crippen LogP contribution in [0.5, 0.6) is 0 Å². The Kier molecular flexibility index (Phi) is 7.09. The smallest absolute Gasteiger partial charge is 0.309 e. The van der Waals surface area contributed by atoms with Gasteiger partial charge >= 0.3 is 5.97 Å². The number of carbonyl (C=O) groups excluding carboxylic acids is 1. The monoisotopic (exact) mass is 414 g/mol. The second-order valence-corrected chi connectivity index (χ2v) is 10.2. The molecule has 3 rings (SSSR count). The predicted molar refractivity (Wildman–Crippen MR) is 119 cm³/mol. The van der Waals surface area contributed by atoms with Gasteiger partial charge in [-0.05, 0) is 50.0 Å². The van der Waals surface area contributed by atoms with E-state index in [1.54, 1.807) is 6.08 Å². The van der Waals surface area contributed by atoms with Gasteiger partial charge in [-0.2, -0.15) is 0 Å². The van der Waals surface area contributed by atoms with Crippen molar-refractivity contribution < 1.29 is 19.4 Å². The summed E-state index contributed by atoms with van der Waals surface area (Å²) in [6.07, 6.45) is 6.86. The fourth-order valence-electron chi connectivity index (χ4n) is 4.98. The van der Waals surface area contributed by atoms with E-state index in [9.17, 15) is 9.90 Å². The van der Waals surface area contributed by atoms with E-state index in [0.717, 1.165) is 18.4 Å². The Hall–Kier alpha value is -1.65. The van der Waals surface area contributed by atoms with Gasteiger partial charge in [-0.1, -0.05) is 69.7 Å². The molecule has 5 atom stereocenters. The van der Waals surface area contributed by atoms with E-state index in [1.807, 2.05) is 50.3 Å². The number of benzene rings is 1. The van der Waals surface area contributed by atoms with Crippen LogP contribution >= 0.6 is 0 Å². The lowest BCUT2D eigenvalue weighted by atomic mass is 9.75. The minimum Gasteiger partial charge on any atom is -0.462 e. The highest BCUT2D eigenvalue weighted by atomic mass is 16.5. The van der Waals surface area contributed by atoms with E-state index in [-0.39, 0.29) is 24.6 Å². The van der Waals surface area contributed by atoms with Crippen molar-refractivity contribution in [2.75, 3.05) is 0 Å². The molecule has 1 aromatic carbocycles. The number of ether oxygens (including phenoxy) is 2. The van der Waals surface area contributed by atoms with Gasteiger partial charge in [0.1, 0.15) is 6.10 Å². The third kappa shape index (κ3) is 5.73. The SMILES string of the molecule is CC(C)[C@@H]1CC[C@@H](C)C[C@H]1OC(=O)C[C@]1(O)C=C[C@@H](OC(C)(C)c2ccccc2)C1. The number of carbonyl (C=O) groups is 1. The molecule has 0 unspecified atom stereocenters. The maximum atomic E-state index is 12.7. The van der Waals surface area contributed by atoms with Crippen molar-refractivity contribution >= 4 is 5.97 Å². The molecule has 4 nitrogen and oxygen atoms in total. The highest BCUT2D eigenvalue weighted by molar-refractivity contribution is 5.71. The predicted octanol–water partition coefficient (Wildman–Crippen LogP) is 5.39. The van der Waals surface area contributed by atoms with Gasteiger partial charge in [0.25, 0.3) is 0 Å². The fourth-order valence-corrected chi connectivity index (χ4v) is 4.98. The first kappa shape index (κ1) is 23.0. The van der Waals surface area contributed by atoms with Crippen LogP contribution in [0.15, 0.2) is 42.5 Å². The van der Waals surface area contributed by atoms with Crippen LogP contribution in [-0.2, 0) is 19.9 Å². The quantitative estimate of drug-likeness (QED) is 0.480. The van der Waals surface area contributed by atoms with Crippen LogP contribution in [0.4, 0.5) is 0 Å². The molecular formula is C26H38O4. The molecule has 1 fully saturated rings.